The zero-order valence-electron chi connectivity index (χ0n) is 45.6. The number of aromatic amines is 1. The Morgan fingerprint density at radius 3 is 1.48 bits per heavy atom. The van der Waals surface area contributed by atoms with Crippen LogP contribution >= 0.6 is 0 Å². The fourth-order valence-electron chi connectivity index (χ4n) is 7.08. The molecule has 498 valence electrons. The van der Waals surface area contributed by atoms with Crippen LogP contribution in [0, 0.1) is 16.7 Å². The molecule has 1 aromatic rings. The number of carbonyl (C=O) groups excluding carboxylic acids is 6. The number of imidazole rings is 1. The lowest BCUT2D eigenvalue weighted by Crippen LogP contribution is -2.76. The van der Waals surface area contributed by atoms with E-state index in [1.54, 1.807) is 0 Å². The quantitative estimate of drug-likeness (QED) is 0.0266. The minimum absolute atomic E-state index is 0. The van der Waals surface area contributed by atoms with Crippen molar-refractivity contribution in [2.24, 2.45) is 22.5 Å². The van der Waals surface area contributed by atoms with Crippen molar-refractivity contribution < 1.29 is 149 Å². The van der Waals surface area contributed by atoms with Crippen LogP contribution in [0.3, 0.4) is 0 Å². The van der Waals surface area contributed by atoms with Gasteiger partial charge in [-0.2, -0.15) is 92.2 Å². The number of alkyl halides is 21. The third kappa shape index (κ3) is 18.3. The molecule has 1 heterocycles. The second kappa shape index (κ2) is 28.5. The molecule has 0 bridgehead atoms. The number of hydrogen-bond donors (Lipinski definition) is 6. The van der Waals surface area contributed by atoms with Gasteiger partial charge in [-0.25, -0.2) is 4.98 Å². The smallest absolute Gasteiger partial charge is 0.460 e. The molecule has 1 rings (SSSR count). The van der Waals surface area contributed by atoms with Crippen molar-refractivity contribution in [2.45, 2.75) is 164 Å². The summed E-state index contributed by atoms with van der Waals surface area (Å²) in [5, 5.41) is 16.8. The molecule has 0 aromatic carbocycles. The first-order valence-electron chi connectivity index (χ1n) is 24.7. The lowest BCUT2D eigenvalue weighted by molar-refractivity contribution is -0.474. The molecular weight excluding hydrogens is 1220 g/mol. The van der Waals surface area contributed by atoms with Crippen LogP contribution in [0.2, 0.25) is 0 Å². The molecule has 0 saturated carbocycles. The van der Waals surface area contributed by atoms with Gasteiger partial charge in [0, 0.05) is 72.2 Å². The van der Waals surface area contributed by atoms with E-state index in [1.807, 2.05) is 5.32 Å². The fourth-order valence-corrected chi connectivity index (χ4v) is 7.08. The van der Waals surface area contributed by atoms with Gasteiger partial charge in [0.2, 0.25) is 17.7 Å². The second-order valence-electron chi connectivity index (χ2n) is 21.1. The predicted molar refractivity (Wildman–Crippen MR) is 254 cm³/mol. The van der Waals surface area contributed by atoms with Crippen LogP contribution in [0.25, 0.3) is 0 Å². The van der Waals surface area contributed by atoms with Gasteiger partial charge in [0.1, 0.15) is 24.8 Å². The van der Waals surface area contributed by atoms with E-state index in [4.69, 9.17) is 15.2 Å². The molecule has 0 unspecified atom stereocenters. The topological polar surface area (TPSA) is 258 Å². The highest BCUT2D eigenvalue weighted by Crippen LogP contribution is 2.66. The number of Topliss-reactive ketones (excluding diaryl/α,β-unsaturated/α-hetero) is 3. The SMILES string of the molecule is CC(C)(CC(=O)C(C)(C)CC(=O)C(C)(C)NC(=O)[C@@H](N)Cc1cnc[nH]1)C(=O)C[C@@H](CCCCNC(=O)COCCOCCNC(=O)COCCC(F)(F)C(F)(F)C(F)(F)C(F)(F)C(F)(F)C(F)(F)C(F)(F)C(F)(F)C(F)(F)C(F)(F)F)C(=O)O.[HH].[HH].[HH]. The first kappa shape index (κ1) is 77.5. The summed E-state index contributed by atoms with van der Waals surface area (Å²) in [6.07, 6.45) is -8.80. The van der Waals surface area contributed by atoms with Crippen LogP contribution in [0.4, 0.5) is 92.2 Å². The van der Waals surface area contributed by atoms with Gasteiger partial charge < -0.3 is 46.0 Å². The Balaban J connectivity index is -0.0000241. The number of carboxylic acids is 1. The Bertz CT molecular complexity index is 2460. The number of ketones is 3. The number of H-pyrrole nitrogens is 1. The van der Waals surface area contributed by atoms with E-state index >= 15 is 0 Å². The summed E-state index contributed by atoms with van der Waals surface area (Å²) in [5.41, 5.74) is 2.47. The summed E-state index contributed by atoms with van der Waals surface area (Å²) in [6, 6.07) is -1.02. The second-order valence-corrected chi connectivity index (χ2v) is 21.1. The molecule has 0 radical (unpaired) electrons. The van der Waals surface area contributed by atoms with E-state index in [-0.39, 0.29) is 62.6 Å². The Labute approximate surface area is 473 Å². The van der Waals surface area contributed by atoms with Crippen LogP contribution < -0.4 is 21.7 Å². The van der Waals surface area contributed by atoms with Gasteiger partial charge in [-0.3, -0.25) is 33.6 Å². The first-order valence-corrected chi connectivity index (χ1v) is 24.7. The van der Waals surface area contributed by atoms with Gasteiger partial charge in [0.25, 0.3) is 0 Å². The predicted octanol–water partition coefficient (Wildman–Crippen LogP) is 8.67. The number of amides is 3. The molecule has 0 fully saturated rings. The van der Waals surface area contributed by atoms with E-state index in [1.165, 1.54) is 54.1 Å². The molecule has 17 nitrogen and oxygen atoms in total. The summed E-state index contributed by atoms with van der Waals surface area (Å²) in [7, 11) is 0. The van der Waals surface area contributed by atoms with Crippen molar-refractivity contribution in [1.82, 2.24) is 25.9 Å². The number of halogens is 21. The number of aromatic nitrogens is 2. The van der Waals surface area contributed by atoms with Crippen molar-refractivity contribution in [2.75, 3.05) is 52.7 Å². The van der Waals surface area contributed by atoms with Crippen molar-refractivity contribution in [3.05, 3.63) is 18.2 Å². The van der Waals surface area contributed by atoms with Gasteiger partial charge in [0.15, 0.2) is 5.78 Å². The number of nitrogens with one attached hydrogen (secondary N) is 4. The molecular formula is C47H67F21N6O11. The monoisotopic (exact) mass is 1290 g/mol. The highest BCUT2D eigenvalue weighted by Gasteiger charge is 2.97. The molecule has 0 saturated heterocycles. The van der Waals surface area contributed by atoms with Crippen molar-refractivity contribution in [3.8, 4) is 0 Å². The largest absolute Gasteiger partial charge is 0.481 e. The molecule has 0 spiro atoms. The van der Waals surface area contributed by atoms with E-state index in [0.717, 1.165) is 0 Å². The lowest BCUT2D eigenvalue weighted by Gasteiger charge is -2.44. The highest BCUT2D eigenvalue weighted by atomic mass is 19.4. The number of nitrogens with two attached hydrogens (primary N) is 1. The van der Waals surface area contributed by atoms with E-state index < -0.39 is 175 Å². The highest BCUT2D eigenvalue weighted by molar-refractivity contribution is 5.99. The Morgan fingerprint density at radius 2 is 1.01 bits per heavy atom. The maximum atomic E-state index is 14.1. The van der Waals surface area contributed by atoms with Crippen molar-refractivity contribution in [1.29, 1.82) is 0 Å². The lowest BCUT2D eigenvalue weighted by atomic mass is 9.71. The molecule has 0 aliphatic rings. The molecule has 1 aromatic heterocycles. The van der Waals surface area contributed by atoms with E-state index in [9.17, 15) is 131 Å². The van der Waals surface area contributed by atoms with Crippen LogP contribution in [-0.4, -0.2) is 180 Å². The third-order valence-electron chi connectivity index (χ3n) is 12.8. The van der Waals surface area contributed by atoms with Gasteiger partial charge in [-0.1, -0.05) is 34.1 Å². The average molecular weight is 1290 g/mol. The zero-order chi connectivity index (χ0) is 66.7. The van der Waals surface area contributed by atoms with E-state index in [2.05, 4.69) is 25.3 Å². The van der Waals surface area contributed by atoms with Gasteiger partial charge in [0.05, 0.1) is 50.3 Å². The normalized spacial score (nSPS) is 14.8. The van der Waals surface area contributed by atoms with E-state index in [0.29, 0.717) is 5.69 Å². The third-order valence-corrected chi connectivity index (χ3v) is 12.8. The Hall–Kier alpha value is -5.53. The standard InChI is InChI=1S/C47H61F21N6O11.3H2/c1-35(2,19-29(76)36(3,4)20-30(77)37(5,6)74-33(80)27(69)18-26-21-70-24-73-26)28(75)17-25(34(81)82)9-7-8-11-71-31(78)23-85-16-15-83-14-12-72-32(79)22-84-13-10-38(48,49)39(50,51)40(52,53)41(54,55)42(56,57)43(58,59)44(60,61)45(62,63)46(64,65)47(66,67)68;;;/h21,24-25,27H,7-20,22-23,69H2,1-6H3,(H,70,73)(H,71,78)(H,72,79)(H,74,80)(H,81,82);3*1H/t25-,27+;;;/m1.../s1. The molecule has 2 atom stereocenters. The van der Waals surface area contributed by atoms with Crippen LogP contribution in [0.15, 0.2) is 12.5 Å². The average Bonchev–Trinajstić information content (AvgIpc) is 0.785. The van der Waals surface area contributed by atoms with Gasteiger partial charge in [-0.15, -0.1) is 0 Å². The molecule has 85 heavy (non-hydrogen) atoms. The number of carboxylic acid groups (broad SMARTS) is 1. The summed E-state index contributed by atoms with van der Waals surface area (Å²) >= 11 is 0. The van der Waals surface area contributed by atoms with Crippen LogP contribution in [-0.2, 0) is 54.2 Å². The first-order chi connectivity index (χ1) is 38.1. The molecule has 3 amide bonds. The van der Waals surface area contributed by atoms with Gasteiger partial charge >= 0.3 is 65.4 Å². The van der Waals surface area contributed by atoms with Gasteiger partial charge in [-0.05, 0) is 26.7 Å². The number of rotatable bonds is 40. The molecule has 7 N–H and O–H groups in total. The number of carbonyl (C=O) groups is 7. The summed E-state index contributed by atoms with van der Waals surface area (Å²) in [5.74, 6) is -84.7. The fraction of sp³-hybridized carbons (Fsp3) is 0.787. The minimum atomic E-state index is -9.29. The number of aliphatic carboxylic acids is 1. The molecule has 38 heteroatoms. The molecule has 0 aliphatic heterocycles. The zero-order valence-corrected chi connectivity index (χ0v) is 45.6. The van der Waals surface area contributed by atoms with Crippen molar-refractivity contribution in [3.63, 3.8) is 0 Å². The minimum Gasteiger partial charge on any atom is -0.481 e. The number of unbranched alkanes of at least 4 members (excludes halogenated alkanes) is 1. The van der Waals surface area contributed by atoms with Crippen LogP contribution in [0.5, 0.6) is 0 Å². The Kier molecular flexibility index (Phi) is 26.0. The number of nitrogens with zero attached hydrogens (tertiary/aromatic N) is 1. The van der Waals surface area contributed by atoms with Crippen molar-refractivity contribution >= 4 is 41.0 Å². The Morgan fingerprint density at radius 1 is 0.576 bits per heavy atom. The number of hydrogen-bond acceptors (Lipinski definition) is 12. The maximum absolute atomic E-state index is 14.1. The number of ether oxygens (including phenoxy) is 3. The van der Waals surface area contributed by atoms with Crippen LogP contribution in [0.1, 0.15) is 96.5 Å². The maximum Gasteiger partial charge on any atom is 0.460 e. The summed E-state index contributed by atoms with van der Waals surface area (Å²) in [4.78, 5) is 95.6. The molecule has 0 aliphatic carbocycles. The summed E-state index contributed by atoms with van der Waals surface area (Å²) in [6.45, 7) is 3.28. The summed E-state index contributed by atoms with van der Waals surface area (Å²) < 4.78 is 299.